The third-order valence-corrected chi connectivity index (χ3v) is 5.02. The Hall–Kier alpha value is -2.35. The quantitative estimate of drug-likeness (QED) is 0.513. The van der Waals surface area contributed by atoms with Crippen molar-refractivity contribution in [3.05, 3.63) is 59.1 Å². The zero-order valence-electron chi connectivity index (χ0n) is 14.3. The van der Waals surface area contributed by atoms with Crippen LogP contribution in [0.3, 0.4) is 0 Å². The van der Waals surface area contributed by atoms with Crippen molar-refractivity contribution in [2.45, 2.75) is 13.0 Å². The van der Waals surface area contributed by atoms with Crippen LogP contribution in [-0.2, 0) is 4.74 Å². The molecule has 0 radical (unpaired) electrons. The van der Waals surface area contributed by atoms with Gasteiger partial charge < -0.3 is 14.5 Å². The van der Waals surface area contributed by atoms with Crippen LogP contribution in [0.4, 0.5) is 5.13 Å². The van der Waals surface area contributed by atoms with Crippen molar-refractivity contribution in [1.82, 2.24) is 14.6 Å². The van der Waals surface area contributed by atoms with E-state index in [0.29, 0.717) is 11.6 Å². The highest BCUT2D eigenvalue weighted by atomic mass is 35.5. The largest absolute Gasteiger partial charge is 0.464 e. The number of nitrogens with zero attached hydrogens (tertiary/aromatic N) is 3. The molecule has 0 aliphatic heterocycles. The van der Waals surface area contributed by atoms with E-state index in [9.17, 15) is 0 Å². The number of methoxy groups -OCH3 is 1. The number of benzene rings is 1. The number of nitrogens with one attached hydrogen (secondary N) is 1. The molecule has 0 saturated carbocycles. The van der Waals surface area contributed by atoms with Gasteiger partial charge in [0.1, 0.15) is 17.6 Å². The van der Waals surface area contributed by atoms with Crippen molar-refractivity contribution in [2.24, 2.45) is 0 Å². The molecule has 3 heterocycles. The Morgan fingerprint density at radius 1 is 1.27 bits per heavy atom. The molecule has 0 saturated heterocycles. The second-order valence-corrected chi connectivity index (χ2v) is 7.26. The first-order valence-electron chi connectivity index (χ1n) is 8.06. The summed E-state index contributed by atoms with van der Waals surface area (Å²) >= 11 is 7.42. The van der Waals surface area contributed by atoms with Crippen molar-refractivity contribution in [1.29, 1.82) is 0 Å². The third-order valence-electron chi connectivity index (χ3n) is 3.92. The first-order chi connectivity index (χ1) is 12.6. The van der Waals surface area contributed by atoms with E-state index >= 15 is 0 Å². The number of ether oxygens (including phenoxy) is 1. The molecule has 6 nitrogen and oxygen atoms in total. The molecule has 3 aromatic heterocycles. The Kier molecular flexibility index (Phi) is 4.67. The third kappa shape index (κ3) is 3.46. The smallest absolute Gasteiger partial charge is 0.214 e. The summed E-state index contributed by atoms with van der Waals surface area (Å²) in [5.41, 5.74) is 1.87. The fraction of sp³-hybridized carbons (Fsp3) is 0.222. The van der Waals surface area contributed by atoms with Gasteiger partial charge in [-0.05, 0) is 31.2 Å². The van der Waals surface area contributed by atoms with Crippen LogP contribution in [0.15, 0.2) is 47.0 Å². The Morgan fingerprint density at radius 3 is 2.73 bits per heavy atom. The van der Waals surface area contributed by atoms with Gasteiger partial charge in [0.25, 0.3) is 0 Å². The Labute approximate surface area is 159 Å². The first-order valence-corrected chi connectivity index (χ1v) is 9.26. The lowest BCUT2D eigenvalue weighted by atomic mass is 10.2. The molecule has 0 fully saturated rings. The van der Waals surface area contributed by atoms with Gasteiger partial charge in [0.15, 0.2) is 0 Å². The van der Waals surface area contributed by atoms with Crippen LogP contribution in [0.25, 0.3) is 16.2 Å². The van der Waals surface area contributed by atoms with E-state index in [4.69, 9.17) is 20.8 Å². The van der Waals surface area contributed by atoms with Crippen molar-refractivity contribution < 1.29 is 9.15 Å². The van der Waals surface area contributed by atoms with E-state index in [1.807, 2.05) is 49.5 Å². The molecule has 8 heteroatoms. The van der Waals surface area contributed by atoms with Crippen molar-refractivity contribution >= 4 is 33.0 Å². The van der Waals surface area contributed by atoms with Gasteiger partial charge in [-0.25, -0.2) is 9.50 Å². The summed E-state index contributed by atoms with van der Waals surface area (Å²) in [5.74, 6) is 1.68. The van der Waals surface area contributed by atoms with Crippen molar-refractivity contribution in [2.75, 3.05) is 19.0 Å². The van der Waals surface area contributed by atoms with Crippen LogP contribution in [0.5, 0.6) is 0 Å². The van der Waals surface area contributed by atoms with Crippen LogP contribution in [0.2, 0.25) is 5.02 Å². The van der Waals surface area contributed by atoms with Crippen LogP contribution in [0, 0.1) is 6.92 Å². The molecular weight excluding hydrogens is 372 g/mol. The highest BCUT2D eigenvalue weighted by Gasteiger charge is 2.18. The average molecular weight is 389 g/mol. The summed E-state index contributed by atoms with van der Waals surface area (Å²) < 4.78 is 12.8. The summed E-state index contributed by atoms with van der Waals surface area (Å²) in [6.07, 6.45) is 1.91. The summed E-state index contributed by atoms with van der Waals surface area (Å²) in [6.45, 7) is 2.40. The van der Waals surface area contributed by atoms with E-state index in [1.165, 1.54) is 11.3 Å². The standard InChI is InChI=1S/C18H17ClN4O2S/c1-11-3-8-16(25-11)15(10-24-2)20-17-22-23-9-14(21-18(23)26-17)12-4-6-13(19)7-5-12/h3-9,15H,10H2,1-2H3,(H,20,22). The highest BCUT2D eigenvalue weighted by Crippen LogP contribution is 2.28. The maximum absolute atomic E-state index is 5.94. The number of furan rings is 1. The lowest BCUT2D eigenvalue weighted by molar-refractivity contribution is 0.178. The molecule has 4 aromatic rings. The predicted molar refractivity (Wildman–Crippen MR) is 103 cm³/mol. The van der Waals surface area contributed by atoms with Gasteiger partial charge in [0.05, 0.1) is 18.5 Å². The van der Waals surface area contributed by atoms with Gasteiger partial charge in [0.2, 0.25) is 10.1 Å². The highest BCUT2D eigenvalue weighted by molar-refractivity contribution is 7.20. The average Bonchev–Trinajstić information content (AvgIpc) is 3.30. The molecule has 0 aliphatic rings. The van der Waals surface area contributed by atoms with Gasteiger partial charge in [0, 0.05) is 17.7 Å². The van der Waals surface area contributed by atoms with Gasteiger partial charge in [-0.3, -0.25) is 0 Å². The fourth-order valence-electron chi connectivity index (χ4n) is 2.67. The molecule has 1 atom stereocenters. The van der Waals surface area contributed by atoms with Crippen LogP contribution in [-0.4, -0.2) is 28.3 Å². The molecule has 0 bridgehead atoms. The Bertz CT molecular complexity index is 990. The molecular formula is C18H17ClN4O2S. The monoisotopic (exact) mass is 388 g/mol. The summed E-state index contributed by atoms with van der Waals surface area (Å²) in [7, 11) is 1.66. The maximum atomic E-state index is 5.94. The molecule has 1 unspecified atom stereocenters. The van der Waals surface area contributed by atoms with Crippen molar-refractivity contribution in [3.63, 3.8) is 0 Å². The number of hydrogen-bond donors (Lipinski definition) is 1. The summed E-state index contributed by atoms with van der Waals surface area (Å²) in [4.78, 5) is 5.45. The molecule has 1 N–H and O–H groups in total. The number of fused-ring (bicyclic) bond motifs is 1. The number of aryl methyl sites for hydroxylation is 1. The first kappa shape index (κ1) is 17.1. The zero-order valence-corrected chi connectivity index (χ0v) is 15.8. The van der Waals surface area contributed by atoms with E-state index < -0.39 is 0 Å². The van der Waals surface area contributed by atoms with Crippen LogP contribution < -0.4 is 5.32 Å². The maximum Gasteiger partial charge on any atom is 0.214 e. The molecule has 0 spiro atoms. The topological polar surface area (TPSA) is 64.6 Å². The fourth-order valence-corrected chi connectivity index (χ4v) is 3.63. The molecule has 26 heavy (non-hydrogen) atoms. The lowest BCUT2D eigenvalue weighted by Gasteiger charge is -2.14. The van der Waals surface area contributed by atoms with E-state index in [0.717, 1.165) is 32.9 Å². The van der Waals surface area contributed by atoms with Crippen LogP contribution in [0.1, 0.15) is 17.6 Å². The Balaban J connectivity index is 1.57. The number of anilines is 1. The number of aromatic nitrogens is 3. The van der Waals surface area contributed by atoms with Gasteiger partial charge in [-0.2, -0.15) is 0 Å². The molecule has 0 aliphatic carbocycles. The molecule has 4 rings (SSSR count). The van der Waals surface area contributed by atoms with Gasteiger partial charge in [-0.15, -0.1) is 5.10 Å². The summed E-state index contributed by atoms with van der Waals surface area (Å²) in [5, 5.41) is 9.39. The minimum Gasteiger partial charge on any atom is -0.464 e. The zero-order chi connectivity index (χ0) is 18.1. The number of imidazole rings is 1. The molecule has 134 valence electrons. The number of halogens is 1. The van der Waals surface area contributed by atoms with E-state index in [-0.39, 0.29) is 6.04 Å². The van der Waals surface area contributed by atoms with E-state index in [1.54, 1.807) is 11.6 Å². The number of hydrogen-bond acceptors (Lipinski definition) is 6. The Morgan fingerprint density at radius 2 is 2.08 bits per heavy atom. The van der Waals surface area contributed by atoms with E-state index in [2.05, 4.69) is 15.4 Å². The second-order valence-electron chi connectivity index (χ2n) is 5.87. The minimum atomic E-state index is -0.111. The second kappa shape index (κ2) is 7.11. The molecule has 0 amide bonds. The van der Waals surface area contributed by atoms with Gasteiger partial charge in [-0.1, -0.05) is 35.1 Å². The SMILES string of the molecule is COCC(Nc1nn2cc(-c3ccc(Cl)cc3)nc2s1)c1ccc(C)o1. The van der Waals surface area contributed by atoms with Crippen LogP contribution >= 0.6 is 22.9 Å². The van der Waals surface area contributed by atoms with Gasteiger partial charge >= 0.3 is 0 Å². The normalized spacial score (nSPS) is 12.6. The summed E-state index contributed by atoms with van der Waals surface area (Å²) in [6, 6.07) is 11.4. The minimum absolute atomic E-state index is 0.111. The lowest BCUT2D eigenvalue weighted by Crippen LogP contribution is -2.15. The number of rotatable bonds is 6. The predicted octanol–water partition coefficient (Wildman–Crippen LogP) is 4.81. The van der Waals surface area contributed by atoms with Crippen molar-refractivity contribution in [3.8, 4) is 11.3 Å². The molecule has 1 aromatic carbocycles.